The van der Waals surface area contributed by atoms with Crippen LogP contribution in [0.2, 0.25) is 0 Å². The number of benzene rings is 1. The third-order valence-electron chi connectivity index (χ3n) is 5.10. The fourth-order valence-corrected chi connectivity index (χ4v) is 5.02. The average molecular weight is 443 g/mol. The molecule has 5 rings (SSSR count). The molecule has 0 N–H and O–H groups in total. The molecule has 156 valence electrons. The van der Waals surface area contributed by atoms with E-state index in [1.807, 2.05) is 5.38 Å². The monoisotopic (exact) mass is 442 g/mol. The molecule has 1 aromatic carbocycles. The second-order valence-electron chi connectivity index (χ2n) is 7.18. The largest absolute Gasteiger partial charge is 0.470 e. The molecule has 10 heteroatoms. The van der Waals surface area contributed by atoms with E-state index in [1.165, 1.54) is 21.4 Å². The minimum Gasteiger partial charge on any atom is -0.470 e. The van der Waals surface area contributed by atoms with Gasteiger partial charge in [0, 0.05) is 43.5 Å². The molecule has 0 saturated carbocycles. The highest BCUT2D eigenvalue weighted by atomic mass is 32.1. The van der Waals surface area contributed by atoms with Crippen LogP contribution >= 0.6 is 22.9 Å². The maximum atomic E-state index is 5.81. The molecule has 0 amide bonds. The van der Waals surface area contributed by atoms with Gasteiger partial charge in [-0.05, 0) is 37.0 Å². The van der Waals surface area contributed by atoms with Gasteiger partial charge in [-0.1, -0.05) is 28.6 Å². The van der Waals surface area contributed by atoms with Gasteiger partial charge in [0.05, 0.1) is 11.3 Å². The molecule has 1 aliphatic heterocycles. The number of anilines is 1. The first-order valence-electron chi connectivity index (χ1n) is 9.97. The minimum atomic E-state index is 0.435. The number of hydrogen-bond donors (Lipinski definition) is 0. The second-order valence-corrected chi connectivity index (χ2v) is 8.80. The summed E-state index contributed by atoms with van der Waals surface area (Å²) in [5.74, 6) is 2.17. The molecular formula is C20H22N6O2S2. The molecule has 0 unspecified atom stereocenters. The lowest BCUT2D eigenvalue weighted by Gasteiger charge is -2.35. The van der Waals surface area contributed by atoms with Crippen LogP contribution in [0.15, 0.2) is 34.2 Å². The van der Waals surface area contributed by atoms with Crippen molar-refractivity contribution < 1.29 is 9.26 Å². The SMILES string of the molecule is Cc1noc(-c2csc(OCCCN3CCN(c4nsc5ccccc45)CC3)n2)n1. The van der Waals surface area contributed by atoms with Crippen LogP contribution in [0.1, 0.15) is 12.2 Å². The third kappa shape index (κ3) is 4.16. The van der Waals surface area contributed by atoms with Gasteiger partial charge >= 0.3 is 0 Å². The van der Waals surface area contributed by atoms with Gasteiger partial charge in [-0.2, -0.15) is 14.3 Å². The van der Waals surface area contributed by atoms with Crippen LogP contribution in [0.3, 0.4) is 0 Å². The van der Waals surface area contributed by atoms with E-state index >= 15 is 0 Å². The predicted molar refractivity (Wildman–Crippen MR) is 119 cm³/mol. The molecule has 1 fully saturated rings. The molecule has 30 heavy (non-hydrogen) atoms. The van der Waals surface area contributed by atoms with Crippen molar-refractivity contribution in [3.8, 4) is 16.8 Å². The molecule has 0 aliphatic carbocycles. The van der Waals surface area contributed by atoms with Gasteiger partial charge in [-0.3, -0.25) is 4.90 Å². The smallest absolute Gasteiger partial charge is 0.277 e. The van der Waals surface area contributed by atoms with E-state index in [2.05, 4.69) is 53.6 Å². The molecule has 4 aromatic rings. The average Bonchev–Trinajstić information content (AvgIpc) is 3.51. The van der Waals surface area contributed by atoms with Crippen LogP contribution in [0.25, 0.3) is 21.7 Å². The summed E-state index contributed by atoms with van der Waals surface area (Å²) in [6.45, 7) is 7.56. The molecular weight excluding hydrogens is 420 g/mol. The Balaban J connectivity index is 1.06. The normalized spacial score (nSPS) is 15.2. The maximum Gasteiger partial charge on any atom is 0.277 e. The molecule has 1 saturated heterocycles. The summed E-state index contributed by atoms with van der Waals surface area (Å²) in [6, 6.07) is 8.47. The number of aryl methyl sites for hydroxylation is 1. The van der Waals surface area contributed by atoms with Crippen molar-refractivity contribution in [2.24, 2.45) is 0 Å². The number of ether oxygens (including phenoxy) is 1. The van der Waals surface area contributed by atoms with E-state index in [0.717, 1.165) is 45.0 Å². The maximum absolute atomic E-state index is 5.81. The summed E-state index contributed by atoms with van der Waals surface area (Å²) in [5, 5.41) is 7.58. The Morgan fingerprint density at radius 1 is 1.13 bits per heavy atom. The van der Waals surface area contributed by atoms with Gasteiger partial charge < -0.3 is 14.2 Å². The molecule has 0 atom stereocenters. The van der Waals surface area contributed by atoms with Crippen molar-refractivity contribution in [3.63, 3.8) is 0 Å². The Hall–Kier alpha value is -2.56. The van der Waals surface area contributed by atoms with Crippen molar-refractivity contribution in [3.05, 3.63) is 35.5 Å². The number of hydrogen-bond acceptors (Lipinski definition) is 10. The molecule has 0 bridgehead atoms. The van der Waals surface area contributed by atoms with Crippen LogP contribution in [-0.2, 0) is 0 Å². The molecule has 0 radical (unpaired) electrons. The molecule has 0 spiro atoms. The standard InChI is InChI=1S/C20H22N6O2S2/c1-14-21-19(28-23-14)16-13-29-20(22-16)27-12-4-7-25-8-10-26(11-9-25)18-15-5-2-3-6-17(15)30-24-18/h2-3,5-6,13H,4,7-12H2,1H3. The number of fused-ring (bicyclic) bond motifs is 1. The summed E-state index contributed by atoms with van der Waals surface area (Å²) in [5.41, 5.74) is 0.668. The van der Waals surface area contributed by atoms with E-state index in [1.54, 1.807) is 18.5 Å². The Bertz CT molecular complexity index is 1120. The van der Waals surface area contributed by atoms with Gasteiger partial charge in [-0.25, -0.2) is 0 Å². The summed E-state index contributed by atoms with van der Waals surface area (Å²) in [7, 11) is 0. The lowest BCUT2D eigenvalue weighted by atomic mass is 10.2. The zero-order valence-electron chi connectivity index (χ0n) is 16.7. The van der Waals surface area contributed by atoms with Crippen LogP contribution in [0, 0.1) is 6.92 Å². The highest BCUT2D eigenvalue weighted by molar-refractivity contribution is 7.13. The first-order chi connectivity index (χ1) is 14.8. The Labute approximate surface area is 182 Å². The zero-order valence-corrected chi connectivity index (χ0v) is 18.3. The van der Waals surface area contributed by atoms with E-state index in [9.17, 15) is 0 Å². The fourth-order valence-electron chi connectivity index (χ4n) is 3.55. The van der Waals surface area contributed by atoms with Crippen molar-refractivity contribution in [1.29, 1.82) is 0 Å². The summed E-state index contributed by atoms with van der Waals surface area (Å²) in [4.78, 5) is 13.5. The minimum absolute atomic E-state index is 0.435. The van der Waals surface area contributed by atoms with Gasteiger partial charge in [-0.15, -0.1) is 0 Å². The Morgan fingerprint density at radius 2 is 2.00 bits per heavy atom. The Kier molecular flexibility index (Phi) is 5.60. The highest BCUT2D eigenvalue weighted by Crippen LogP contribution is 2.30. The number of nitrogens with zero attached hydrogens (tertiary/aromatic N) is 6. The summed E-state index contributed by atoms with van der Waals surface area (Å²) >= 11 is 3.04. The van der Waals surface area contributed by atoms with Gasteiger partial charge in [0.15, 0.2) is 5.82 Å². The van der Waals surface area contributed by atoms with Gasteiger partial charge in [0.1, 0.15) is 11.5 Å². The van der Waals surface area contributed by atoms with Crippen LogP contribution in [0.5, 0.6) is 5.19 Å². The summed E-state index contributed by atoms with van der Waals surface area (Å²) < 4.78 is 16.9. The number of piperazine rings is 1. The van der Waals surface area contributed by atoms with E-state index in [4.69, 9.17) is 9.26 Å². The summed E-state index contributed by atoms with van der Waals surface area (Å²) in [6.07, 6.45) is 0.966. The van der Waals surface area contributed by atoms with Crippen molar-refractivity contribution in [1.82, 2.24) is 24.4 Å². The first kappa shape index (κ1) is 19.4. The van der Waals surface area contributed by atoms with E-state index < -0.39 is 0 Å². The lowest BCUT2D eigenvalue weighted by Crippen LogP contribution is -2.47. The number of aromatic nitrogens is 4. The fraction of sp³-hybridized carbons (Fsp3) is 0.400. The highest BCUT2D eigenvalue weighted by Gasteiger charge is 2.20. The lowest BCUT2D eigenvalue weighted by molar-refractivity contribution is 0.224. The van der Waals surface area contributed by atoms with Gasteiger partial charge in [0.2, 0.25) is 0 Å². The molecule has 8 nitrogen and oxygen atoms in total. The van der Waals surface area contributed by atoms with Crippen molar-refractivity contribution in [2.75, 3.05) is 44.2 Å². The van der Waals surface area contributed by atoms with Crippen LogP contribution in [0.4, 0.5) is 5.82 Å². The van der Waals surface area contributed by atoms with Crippen molar-refractivity contribution >= 4 is 38.8 Å². The zero-order chi connectivity index (χ0) is 20.3. The molecule has 4 heterocycles. The Morgan fingerprint density at radius 3 is 2.83 bits per heavy atom. The molecule has 1 aliphatic rings. The quantitative estimate of drug-likeness (QED) is 0.401. The second kappa shape index (κ2) is 8.66. The van der Waals surface area contributed by atoms with E-state index in [0.29, 0.717) is 29.2 Å². The van der Waals surface area contributed by atoms with Crippen LogP contribution in [-0.4, -0.2) is 63.7 Å². The van der Waals surface area contributed by atoms with E-state index in [-0.39, 0.29) is 0 Å². The molecule has 3 aromatic heterocycles. The van der Waals surface area contributed by atoms with Crippen molar-refractivity contribution in [2.45, 2.75) is 13.3 Å². The predicted octanol–water partition coefficient (Wildman–Crippen LogP) is 3.70. The third-order valence-corrected chi connectivity index (χ3v) is 6.67. The topological polar surface area (TPSA) is 80.4 Å². The van der Waals surface area contributed by atoms with Gasteiger partial charge in [0.25, 0.3) is 11.1 Å². The number of thiazole rings is 1. The first-order valence-corrected chi connectivity index (χ1v) is 11.6. The number of rotatable bonds is 7. The van der Waals surface area contributed by atoms with Crippen LogP contribution < -0.4 is 9.64 Å².